The molecule has 0 radical (unpaired) electrons. The number of halogens is 2. The fraction of sp³-hybridized carbons (Fsp3) is 0.500. The van der Waals surface area contributed by atoms with Gasteiger partial charge in [-0.05, 0) is 56.7 Å². The quantitative estimate of drug-likeness (QED) is 0.787. The molecule has 2 rings (SSSR count). The van der Waals surface area contributed by atoms with E-state index in [0.717, 1.165) is 28.5 Å². The second-order valence-corrected chi connectivity index (χ2v) is 6.80. The summed E-state index contributed by atoms with van der Waals surface area (Å²) in [5.41, 5.74) is 0.716. The van der Waals surface area contributed by atoms with Crippen molar-refractivity contribution >= 4 is 43.6 Å². The summed E-state index contributed by atoms with van der Waals surface area (Å²) in [7, 11) is 1.60. The monoisotopic (exact) mass is 404 g/mol. The highest BCUT2D eigenvalue weighted by atomic mass is 79.9. The number of benzene rings is 1. The van der Waals surface area contributed by atoms with Crippen molar-refractivity contribution in [1.29, 1.82) is 0 Å². The fourth-order valence-electron chi connectivity index (χ4n) is 2.35. The zero-order valence-electron chi connectivity index (χ0n) is 11.6. The number of anilines is 1. The van der Waals surface area contributed by atoms with E-state index >= 15 is 0 Å². The molecule has 1 aliphatic heterocycles. The van der Waals surface area contributed by atoms with Crippen LogP contribution in [-0.2, 0) is 0 Å². The average molecular weight is 406 g/mol. The van der Waals surface area contributed by atoms with Crippen LogP contribution in [0.15, 0.2) is 21.1 Å². The number of nitrogens with one attached hydrogen (secondary N) is 1. The molecule has 1 fully saturated rings. The number of ether oxygens (including phenoxy) is 1. The number of piperidine rings is 1. The summed E-state index contributed by atoms with van der Waals surface area (Å²) in [6.45, 7) is 3.82. The molecule has 1 aromatic carbocycles. The Morgan fingerprint density at radius 3 is 2.80 bits per heavy atom. The number of carbonyl (C=O) groups is 1. The van der Waals surface area contributed by atoms with Crippen molar-refractivity contribution in [3.8, 4) is 5.75 Å². The topological polar surface area (TPSA) is 41.6 Å². The first-order valence-electron chi connectivity index (χ1n) is 6.60. The van der Waals surface area contributed by atoms with Crippen molar-refractivity contribution in [3.05, 3.63) is 21.1 Å². The standard InChI is InChI=1S/C14H18Br2N2O2/c1-9-4-3-5-18(8-9)14(19)17-12-7-13(20-2)11(16)6-10(12)15/h6-7,9H,3-5,8H2,1-2H3,(H,17,19). The van der Waals surface area contributed by atoms with Gasteiger partial charge in [-0.15, -0.1) is 0 Å². The molecule has 0 bridgehead atoms. The summed E-state index contributed by atoms with van der Waals surface area (Å²) in [4.78, 5) is 14.2. The van der Waals surface area contributed by atoms with E-state index in [4.69, 9.17) is 4.74 Å². The lowest BCUT2D eigenvalue weighted by atomic mass is 10.0. The van der Waals surface area contributed by atoms with Gasteiger partial charge in [-0.2, -0.15) is 0 Å². The van der Waals surface area contributed by atoms with E-state index in [-0.39, 0.29) is 6.03 Å². The molecule has 2 amide bonds. The first-order chi connectivity index (χ1) is 9.51. The van der Waals surface area contributed by atoms with Gasteiger partial charge < -0.3 is 15.0 Å². The zero-order valence-corrected chi connectivity index (χ0v) is 14.8. The van der Waals surface area contributed by atoms with Gasteiger partial charge in [-0.1, -0.05) is 6.92 Å². The highest BCUT2D eigenvalue weighted by Gasteiger charge is 2.21. The third kappa shape index (κ3) is 3.67. The molecule has 0 aromatic heterocycles. The maximum atomic E-state index is 12.3. The first-order valence-corrected chi connectivity index (χ1v) is 8.19. The molecule has 6 heteroatoms. The number of hydrogen-bond acceptors (Lipinski definition) is 2. The molecule has 1 atom stereocenters. The van der Waals surface area contributed by atoms with Crippen LogP contribution in [0.1, 0.15) is 19.8 Å². The average Bonchev–Trinajstić information content (AvgIpc) is 2.41. The molecule has 0 aliphatic carbocycles. The van der Waals surface area contributed by atoms with E-state index in [1.807, 2.05) is 11.0 Å². The molecule has 1 N–H and O–H groups in total. The Hall–Kier alpha value is -0.750. The summed E-state index contributed by atoms with van der Waals surface area (Å²) in [6, 6.07) is 3.62. The number of methoxy groups -OCH3 is 1. The lowest BCUT2D eigenvalue weighted by molar-refractivity contribution is 0.182. The maximum Gasteiger partial charge on any atom is 0.321 e. The van der Waals surface area contributed by atoms with Gasteiger partial charge in [0, 0.05) is 23.6 Å². The van der Waals surface area contributed by atoms with Gasteiger partial charge in [-0.3, -0.25) is 0 Å². The lowest BCUT2D eigenvalue weighted by Gasteiger charge is -2.31. The van der Waals surface area contributed by atoms with Crippen molar-refractivity contribution < 1.29 is 9.53 Å². The molecule has 110 valence electrons. The van der Waals surface area contributed by atoms with Gasteiger partial charge in [-0.25, -0.2) is 4.79 Å². The molecular weight excluding hydrogens is 388 g/mol. The molecule has 1 unspecified atom stereocenters. The second kappa shape index (κ2) is 6.80. The molecule has 4 nitrogen and oxygen atoms in total. The van der Waals surface area contributed by atoms with Crippen LogP contribution in [0.2, 0.25) is 0 Å². The van der Waals surface area contributed by atoms with E-state index < -0.39 is 0 Å². The van der Waals surface area contributed by atoms with Crippen LogP contribution in [0.3, 0.4) is 0 Å². The van der Waals surface area contributed by atoms with E-state index in [1.54, 1.807) is 13.2 Å². The number of amides is 2. The van der Waals surface area contributed by atoms with Gasteiger partial charge in [0.1, 0.15) is 5.75 Å². The van der Waals surface area contributed by atoms with E-state index in [2.05, 4.69) is 44.1 Å². The molecule has 1 saturated heterocycles. The molecule has 1 aliphatic rings. The summed E-state index contributed by atoms with van der Waals surface area (Å²) >= 11 is 6.87. The van der Waals surface area contributed by atoms with E-state index in [0.29, 0.717) is 17.4 Å². The molecular formula is C14H18Br2N2O2. The zero-order chi connectivity index (χ0) is 14.7. The van der Waals surface area contributed by atoms with E-state index in [9.17, 15) is 4.79 Å². The van der Waals surface area contributed by atoms with Crippen LogP contribution in [0, 0.1) is 5.92 Å². The van der Waals surface area contributed by atoms with Crippen molar-refractivity contribution in [2.45, 2.75) is 19.8 Å². The van der Waals surface area contributed by atoms with Crippen molar-refractivity contribution in [1.82, 2.24) is 4.90 Å². The Kier molecular flexibility index (Phi) is 5.32. The SMILES string of the molecule is COc1cc(NC(=O)N2CCCC(C)C2)c(Br)cc1Br. The lowest BCUT2D eigenvalue weighted by Crippen LogP contribution is -2.41. The predicted molar refractivity (Wildman–Crippen MR) is 87.4 cm³/mol. The summed E-state index contributed by atoms with van der Waals surface area (Å²) in [5.74, 6) is 1.26. The van der Waals surface area contributed by atoms with Gasteiger partial charge in [0.2, 0.25) is 0 Å². The van der Waals surface area contributed by atoms with Gasteiger partial charge in [0.05, 0.1) is 17.3 Å². The van der Waals surface area contributed by atoms with Crippen LogP contribution in [0.5, 0.6) is 5.75 Å². The van der Waals surface area contributed by atoms with Crippen LogP contribution in [-0.4, -0.2) is 31.1 Å². The summed E-state index contributed by atoms with van der Waals surface area (Å²) in [6.07, 6.45) is 2.26. The van der Waals surface area contributed by atoms with E-state index in [1.165, 1.54) is 6.42 Å². The number of carbonyl (C=O) groups excluding carboxylic acids is 1. The number of hydrogen-bond donors (Lipinski definition) is 1. The Labute approximate surface area is 136 Å². The van der Waals surface area contributed by atoms with Gasteiger partial charge in [0.25, 0.3) is 0 Å². The number of urea groups is 1. The Morgan fingerprint density at radius 2 is 2.15 bits per heavy atom. The highest BCUT2D eigenvalue weighted by molar-refractivity contribution is 9.11. The predicted octanol–water partition coefficient (Wildman–Crippen LogP) is 4.48. The summed E-state index contributed by atoms with van der Waals surface area (Å²) in [5, 5.41) is 2.94. The minimum Gasteiger partial charge on any atom is -0.495 e. The number of rotatable bonds is 2. The van der Waals surface area contributed by atoms with Crippen LogP contribution in [0.4, 0.5) is 10.5 Å². The van der Waals surface area contributed by atoms with Crippen molar-refractivity contribution in [2.24, 2.45) is 5.92 Å². The Balaban J connectivity index is 2.11. The minimum absolute atomic E-state index is 0.0541. The van der Waals surface area contributed by atoms with Crippen molar-refractivity contribution in [3.63, 3.8) is 0 Å². The molecule has 1 aromatic rings. The maximum absolute atomic E-state index is 12.3. The largest absolute Gasteiger partial charge is 0.495 e. The van der Waals surface area contributed by atoms with Crippen LogP contribution in [0.25, 0.3) is 0 Å². The summed E-state index contributed by atoms with van der Waals surface area (Å²) < 4.78 is 6.92. The first kappa shape index (κ1) is 15.6. The molecule has 0 spiro atoms. The molecule has 1 heterocycles. The highest BCUT2D eigenvalue weighted by Crippen LogP contribution is 2.34. The third-order valence-corrected chi connectivity index (χ3v) is 4.70. The van der Waals surface area contributed by atoms with Crippen molar-refractivity contribution in [2.75, 3.05) is 25.5 Å². The fourth-order valence-corrected chi connectivity index (χ4v) is 3.60. The molecule has 0 saturated carbocycles. The molecule has 20 heavy (non-hydrogen) atoms. The van der Waals surface area contributed by atoms with Crippen LogP contribution < -0.4 is 10.1 Å². The smallest absolute Gasteiger partial charge is 0.321 e. The Bertz CT molecular complexity index is 508. The second-order valence-electron chi connectivity index (χ2n) is 5.09. The third-order valence-electron chi connectivity index (χ3n) is 3.43. The number of nitrogens with zero attached hydrogens (tertiary/aromatic N) is 1. The number of likely N-dealkylation sites (tertiary alicyclic amines) is 1. The Morgan fingerprint density at radius 1 is 1.40 bits per heavy atom. The normalized spacial score (nSPS) is 18.8. The van der Waals surface area contributed by atoms with Gasteiger partial charge in [0.15, 0.2) is 0 Å². The minimum atomic E-state index is -0.0541. The van der Waals surface area contributed by atoms with Crippen LogP contribution >= 0.6 is 31.9 Å². The van der Waals surface area contributed by atoms with Gasteiger partial charge >= 0.3 is 6.03 Å².